The van der Waals surface area contributed by atoms with Gasteiger partial charge in [0.15, 0.2) is 5.65 Å². The lowest BCUT2D eigenvalue weighted by Crippen LogP contribution is -2.44. The highest BCUT2D eigenvalue weighted by Crippen LogP contribution is 2.23. The minimum absolute atomic E-state index is 0. The van der Waals surface area contributed by atoms with E-state index in [0.717, 1.165) is 49.6 Å². The number of nitrogens with one attached hydrogen (secondary N) is 1. The van der Waals surface area contributed by atoms with Crippen molar-refractivity contribution in [3.8, 4) is 0 Å². The predicted octanol–water partition coefficient (Wildman–Crippen LogP) is 2.44. The van der Waals surface area contributed by atoms with E-state index in [2.05, 4.69) is 56.5 Å². The molecule has 3 aromatic rings. The number of hydrogen-bond donors (Lipinski definition) is 1. The smallest absolute Gasteiger partial charge is 0.163 e. The first-order valence-electron chi connectivity index (χ1n) is 7.99. The van der Waals surface area contributed by atoms with Gasteiger partial charge in [0, 0.05) is 26.2 Å². The second kappa shape index (κ2) is 8.47. The van der Waals surface area contributed by atoms with Crippen LogP contribution in [0.1, 0.15) is 11.1 Å². The molecule has 25 heavy (non-hydrogen) atoms. The van der Waals surface area contributed by atoms with Gasteiger partial charge in [-0.25, -0.2) is 14.6 Å². The number of benzene rings is 1. The lowest BCUT2D eigenvalue weighted by Gasteiger charge is -2.28. The molecule has 6 nitrogen and oxygen atoms in total. The Morgan fingerprint density at radius 1 is 1.12 bits per heavy atom. The van der Waals surface area contributed by atoms with E-state index in [-0.39, 0.29) is 24.8 Å². The Bertz CT molecular complexity index is 829. The number of halogens is 2. The first-order chi connectivity index (χ1) is 11.3. The van der Waals surface area contributed by atoms with Crippen LogP contribution in [0.4, 0.5) is 5.82 Å². The van der Waals surface area contributed by atoms with E-state index in [1.807, 2.05) is 10.9 Å². The van der Waals surface area contributed by atoms with Crippen LogP contribution in [0.2, 0.25) is 0 Å². The van der Waals surface area contributed by atoms with Crippen LogP contribution in [-0.2, 0) is 6.54 Å². The summed E-state index contributed by atoms with van der Waals surface area (Å²) in [4.78, 5) is 11.3. The number of rotatable bonds is 3. The predicted molar refractivity (Wildman–Crippen MR) is 105 cm³/mol. The number of hydrogen-bond acceptors (Lipinski definition) is 5. The molecule has 1 aliphatic heterocycles. The van der Waals surface area contributed by atoms with Crippen molar-refractivity contribution in [2.75, 3.05) is 31.1 Å². The zero-order chi connectivity index (χ0) is 15.6. The average molecular weight is 381 g/mol. The Labute approximate surface area is 159 Å². The van der Waals surface area contributed by atoms with Crippen molar-refractivity contribution < 1.29 is 0 Å². The normalized spacial score (nSPS) is 14.0. The van der Waals surface area contributed by atoms with E-state index >= 15 is 0 Å². The minimum Gasteiger partial charge on any atom is -0.353 e. The highest BCUT2D eigenvalue weighted by atomic mass is 35.5. The van der Waals surface area contributed by atoms with Crippen molar-refractivity contribution in [2.45, 2.75) is 13.5 Å². The molecule has 1 aromatic carbocycles. The van der Waals surface area contributed by atoms with Crippen LogP contribution >= 0.6 is 24.8 Å². The lowest BCUT2D eigenvalue weighted by atomic mass is 10.1. The highest BCUT2D eigenvalue weighted by Gasteiger charge is 2.17. The molecule has 0 radical (unpaired) electrons. The fraction of sp³-hybridized carbons (Fsp3) is 0.353. The number of aromatic nitrogens is 4. The molecule has 0 atom stereocenters. The van der Waals surface area contributed by atoms with Gasteiger partial charge < -0.3 is 10.2 Å². The largest absolute Gasteiger partial charge is 0.353 e. The maximum Gasteiger partial charge on any atom is 0.163 e. The van der Waals surface area contributed by atoms with Crippen molar-refractivity contribution in [3.63, 3.8) is 0 Å². The van der Waals surface area contributed by atoms with Crippen LogP contribution in [0.5, 0.6) is 0 Å². The van der Waals surface area contributed by atoms with Gasteiger partial charge in [-0.1, -0.05) is 29.8 Å². The zero-order valence-corrected chi connectivity index (χ0v) is 15.7. The topological polar surface area (TPSA) is 58.9 Å². The van der Waals surface area contributed by atoms with Gasteiger partial charge in [0.2, 0.25) is 0 Å². The summed E-state index contributed by atoms with van der Waals surface area (Å²) in [5, 5.41) is 8.95. The van der Waals surface area contributed by atoms with E-state index in [1.54, 1.807) is 6.33 Å². The second-order valence-electron chi connectivity index (χ2n) is 5.96. The quantitative estimate of drug-likeness (QED) is 0.755. The summed E-state index contributed by atoms with van der Waals surface area (Å²) in [7, 11) is 0. The van der Waals surface area contributed by atoms with Crippen LogP contribution < -0.4 is 10.2 Å². The van der Waals surface area contributed by atoms with Crippen LogP contribution in [0, 0.1) is 6.92 Å². The fourth-order valence-corrected chi connectivity index (χ4v) is 3.11. The Hall–Kier alpha value is -1.89. The summed E-state index contributed by atoms with van der Waals surface area (Å²) >= 11 is 0. The average Bonchev–Trinajstić information content (AvgIpc) is 2.99. The standard InChI is InChI=1S/C17H20N6.2ClH/c1-13-3-2-4-14(9-13)11-23-17-15(10-21-23)16(19-12-20-17)22-7-5-18-6-8-22;;/h2-4,9-10,12,18H,5-8,11H2,1H3;2*1H. The van der Waals surface area contributed by atoms with Crippen LogP contribution in [0.25, 0.3) is 11.0 Å². The fourth-order valence-electron chi connectivity index (χ4n) is 3.11. The summed E-state index contributed by atoms with van der Waals surface area (Å²) in [5.74, 6) is 0.993. The molecule has 8 heteroatoms. The molecule has 0 unspecified atom stereocenters. The number of fused-ring (bicyclic) bond motifs is 1. The Balaban J connectivity index is 0.00000113. The third kappa shape index (κ3) is 4.03. The molecule has 0 amide bonds. The molecule has 1 N–H and O–H groups in total. The molecular formula is C17H22Cl2N6. The van der Waals surface area contributed by atoms with Crippen LogP contribution in [0.3, 0.4) is 0 Å². The van der Waals surface area contributed by atoms with Crippen LogP contribution in [0.15, 0.2) is 36.8 Å². The molecule has 0 saturated carbocycles. The first kappa shape index (κ1) is 19.4. The first-order valence-corrected chi connectivity index (χ1v) is 7.99. The molecule has 0 aliphatic carbocycles. The van der Waals surface area contributed by atoms with Gasteiger partial charge in [0.05, 0.1) is 18.1 Å². The molecule has 134 valence electrons. The van der Waals surface area contributed by atoms with Crippen molar-refractivity contribution in [1.29, 1.82) is 0 Å². The third-order valence-corrected chi connectivity index (χ3v) is 4.24. The van der Waals surface area contributed by atoms with Gasteiger partial charge in [-0.05, 0) is 12.5 Å². The Morgan fingerprint density at radius 2 is 1.92 bits per heavy atom. The monoisotopic (exact) mass is 380 g/mol. The van der Waals surface area contributed by atoms with Crippen molar-refractivity contribution in [1.82, 2.24) is 25.1 Å². The van der Waals surface area contributed by atoms with Crippen molar-refractivity contribution in [2.24, 2.45) is 0 Å². The molecule has 1 fully saturated rings. The van der Waals surface area contributed by atoms with Gasteiger partial charge >= 0.3 is 0 Å². The number of nitrogens with zero attached hydrogens (tertiary/aromatic N) is 5. The van der Waals surface area contributed by atoms with Crippen molar-refractivity contribution in [3.05, 3.63) is 47.9 Å². The van der Waals surface area contributed by atoms with Gasteiger partial charge in [-0.2, -0.15) is 5.10 Å². The summed E-state index contributed by atoms with van der Waals surface area (Å²) in [6.07, 6.45) is 3.54. The van der Waals surface area contributed by atoms with E-state index in [9.17, 15) is 0 Å². The Kier molecular flexibility index (Phi) is 6.58. The second-order valence-corrected chi connectivity index (χ2v) is 5.96. The van der Waals surface area contributed by atoms with Gasteiger partial charge in [0.1, 0.15) is 12.1 Å². The zero-order valence-electron chi connectivity index (χ0n) is 14.1. The number of anilines is 1. The van der Waals surface area contributed by atoms with E-state index in [4.69, 9.17) is 0 Å². The van der Waals surface area contributed by atoms with E-state index in [1.165, 1.54) is 11.1 Å². The summed E-state index contributed by atoms with van der Waals surface area (Å²) in [6, 6.07) is 8.50. The summed E-state index contributed by atoms with van der Waals surface area (Å²) < 4.78 is 1.96. The van der Waals surface area contributed by atoms with E-state index in [0.29, 0.717) is 0 Å². The lowest BCUT2D eigenvalue weighted by molar-refractivity contribution is 0.586. The molecular weight excluding hydrogens is 359 g/mol. The Morgan fingerprint density at radius 3 is 2.68 bits per heavy atom. The number of piperazine rings is 1. The molecule has 0 bridgehead atoms. The molecule has 2 aromatic heterocycles. The van der Waals surface area contributed by atoms with Gasteiger partial charge in [0.25, 0.3) is 0 Å². The molecule has 1 saturated heterocycles. The van der Waals surface area contributed by atoms with E-state index < -0.39 is 0 Å². The SMILES string of the molecule is Cc1cccc(Cn2ncc3c(N4CCNCC4)ncnc32)c1.Cl.Cl. The summed E-state index contributed by atoms with van der Waals surface area (Å²) in [5.41, 5.74) is 3.39. The summed E-state index contributed by atoms with van der Waals surface area (Å²) in [6.45, 7) is 6.74. The van der Waals surface area contributed by atoms with Crippen LogP contribution in [-0.4, -0.2) is 45.9 Å². The molecule has 1 aliphatic rings. The molecule has 0 spiro atoms. The highest BCUT2D eigenvalue weighted by molar-refractivity contribution is 5.86. The number of aryl methyl sites for hydroxylation is 1. The van der Waals surface area contributed by atoms with Crippen molar-refractivity contribution >= 4 is 41.7 Å². The molecule has 4 rings (SSSR count). The van der Waals surface area contributed by atoms with Gasteiger partial charge in [-0.15, -0.1) is 24.8 Å². The minimum atomic E-state index is 0. The maximum atomic E-state index is 4.55. The third-order valence-electron chi connectivity index (χ3n) is 4.24. The molecule has 3 heterocycles. The maximum absolute atomic E-state index is 4.55. The van der Waals surface area contributed by atoms with Gasteiger partial charge in [-0.3, -0.25) is 0 Å².